The van der Waals surface area contributed by atoms with Crippen LogP contribution in [0.3, 0.4) is 0 Å². The molecule has 0 spiro atoms. The number of carboxylic acid groups (broad SMARTS) is 1. The Morgan fingerprint density at radius 1 is 0.541 bits per heavy atom. The predicted octanol–water partition coefficient (Wildman–Crippen LogP) is 12.8. The molecule has 2 unspecified atom stereocenters. The Balaban J connectivity index is 1.23. The van der Waals surface area contributed by atoms with Crippen molar-refractivity contribution in [3.8, 4) is 17.2 Å². The van der Waals surface area contributed by atoms with E-state index >= 15 is 0 Å². The SMILES string of the molecule is CC1=C(/C=C/C(C)=C/C=C/C(C)=C/C=C/C=C(C)/C=C/C=C(C)/C=C/C2=C(C)C(=O)C(OC(=O)CCC(=O)Oc3ccc(/C=C/c4cc(O)cc(O)c4)cc3)CC2(C)C)C(C)(C)CC(OC(=O)CCC(=O)O)C1=O. The van der Waals surface area contributed by atoms with Crippen LogP contribution in [-0.2, 0) is 38.2 Å². The van der Waals surface area contributed by atoms with E-state index in [0.29, 0.717) is 35.3 Å². The molecule has 12 heteroatoms. The minimum atomic E-state index is -1.10. The van der Waals surface area contributed by atoms with Crippen molar-refractivity contribution in [2.75, 3.05) is 0 Å². The number of aromatic hydroxyl groups is 2. The second-order valence-electron chi connectivity index (χ2n) is 19.9. The molecule has 0 saturated carbocycles. The maximum atomic E-state index is 13.4. The number of carbonyl (C=O) groups excluding carboxylic acids is 5. The van der Waals surface area contributed by atoms with Gasteiger partial charge >= 0.3 is 23.9 Å². The van der Waals surface area contributed by atoms with Crippen molar-refractivity contribution in [1.29, 1.82) is 0 Å². The van der Waals surface area contributed by atoms with Crippen LogP contribution in [0.25, 0.3) is 12.2 Å². The molecule has 0 aliphatic heterocycles. The topological polar surface area (TPSA) is 191 Å². The van der Waals surface area contributed by atoms with Crippen molar-refractivity contribution in [1.82, 2.24) is 0 Å². The predicted molar refractivity (Wildman–Crippen MR) is 290 cm³/mol. The molecule has 0 radical (unpaired) electrons. The molecule has 4 rings (SSSR count). The quantitative estimate of drug-likeness (QED) is 0.0465. The highest BCUT2D eigenvalue weighted by Crippen LogP contribution is 2.42. The van der Waals surface area contributed by atoms with E-state index in [2.05, 4.69) is 0 Å². The Kier molecular flexibility index (Phi) is 21.6. The van der Waals surface area contributed by atoms with Gasteiger partial charge in [-0.1, -0.05) is 159 Å². The first-order chi connectivity index (χ1) is 34.8. The molecular weight excluding hydrogens is 937 g/mol. The van der Waals surface area contributed by atoms with E-state index in [9.17, 15) is 39.0 Å². The summed E-state index contributed by atoms with van der Waals surface area (Å²) >= 11 is 0. The lowest BCUT2D eigenvalue weighted by Gasteiger charge is -2.36. The number of rotatable bonds is 21. The molecule has 74 heavy (non-hydrogen) atoms. The summed E-state index contributed by atoms with van der Waals surface area (Å²) in [5.74, 6) is -3.42. The van der Waals surface area contributed by atoms with Gasteiger partial charge in [0.2, 0.25) is 0 Å². The Bertz CT molecular complexity index is 2820. The summed E-state index contributed by atoms with van der Waals surface area (Å²) in [7, 11) is 0. The zero-order valence-corrected chi connectivity index (χ0v) is 44.2. The summed E-state index contributed by atoms with van der Waals surface area (Å²) in [5, 5.41) is 28.2. The molecule has 0 amide bonds. The third-order valence-corrected chi connectivity index (χ3v) is 12.4. The van der Waals surface area contributed by atoms with Crippen LogP contribution in [0.5, 0.6) is 17.2 Å². The average molecular weight is 1010 g/mol. The van der Waals surface area contributed by atoms with Crippen molar-refractivity contribution in [2.24, 2.45) is 10.8 Å². The molecule has 390 valence electrons. The summed E-state index contributed by atoms with van der Waals surface area (Å²) < 4.78 is 16.4. The normalized spacial score (nSPS) is 19.1. The molecule has 2 aliphatic carbocycles. The number of hydrogen-bond donors (Lipinski definition) is 3. The van der Waals surface area contributed by atoms with Gasteiger partial charge in [0, 0.05) is 18.9 Å². The number of hydrogen-bond acceptors (Lipinski definition) is 11. The molecule has 2 aromatic carbocycles. The maximum Gasteiger partial charge on any atom is 0.311 e. The van der Waals surface area contributed by atoms with Gasteiger partial charge in [-0.05, 0) is 110 Å². The van der Waals surface area contributed by atoms with E-state index in [1.54, 1.807) is 50.3 Å². The lowest BCUT2D eigenvalue weighted by molar-refractivity contribution is -0.157. The highest BCUT2D eigenvalue weighted by atomic mass is 16.6. The monoisotopic (exact) mass is 1010 g/mol. The van der Waals surface area contributed by atoms with E-state index in [4.69, 9.17) is 19.3 Å². The van der Waals surface area contributed by atoms with Gasteiger partial charge in [0.05, 0.1) is 25.7 Å². The largest absolute Gasteiger partial charge is 0.508 e. The first kappa shape index (κ1) is 58.7. The number of allylic oxidation sites excluding steroid dienone is 20. The lowest BCUT2D eigenvalue weighted by Crippen LogP contribution is -2.39. The van der Waals surface area contributed by atoms with Gasteiger partial charge in [0.15, 0.2) is 23.8 Å². The van der Waals surface area contributed by atoms with E-state index in [1.807, 2.05) is 140 Å². The second kappa shape index (κ2) is 27.3. The summed E-state index contributed by atoms with van der Waals surface area (Å²) in [6, 6.07) is 11.0. The first-order valence-corrected chi connectivity index (χ1v) is 24.5. The highest BCUT2D eigenvalue weighted by Gasteiger charge is 2.41. The standard InChI is InChI=1S/C62H70O12/c1-40(17-13-19-42(3)21-29-51-44(5)59(70)53(38-61(51,7)8)73-57(68)32-31-55(65)66)15-11-12-16-41(2)18-14-20-43(4)22-30-52-45(6)60(71)54(39-62(52,9)10)74-58(69)34-33-56(67)72-50-27-25-46(26-28-50)23-24-47-35-48(63)37-49(64)36-47/h11-30,35-37,53-54,63-64H,31-34,38-39H2,1-10H3,(H,65,66)/b12-11+,17-13+,18-14+,24-23+,29-21+,30-22+,40-15+,41-16+,42-19+,43-20+. The summed E-state index contributed by atoms with van der Waals surface area (Å²) in [5.41, 5.74) is 7.30. The van der Waals surface area contributed by atoms with Crippen molar-refractivity contribution in [2.45, 2.75) is 120 Å². The number of esters is 3. The van der Waals surface area contributed by atoms with Gasteiger partial charge in [-0.15, -0.1) is 0 Å². The summed E-state index contributed by atoms with van der Waals surface area (Å²) in [6.45, 7) is 19.4. The Morgan fingerprint density at radius 3 is 1.38 bits per heavy atom. The van der Waals surface area contributed by atoms with Gasteiger partial charge in [0.1, 0.15) is 17.2 Å². The van der Waals surface area contributed by atoms with Crippen LogP contribution < -0.4 is 4.74 Å². The van der Waals surface area contributed by atoms with Crippen LogP contribution in [0.2, 0.25) is 0 Å². The number of carboxylic acids is 1. The molecule has 3 N–H and O–H groups in total. The number of ketones is 2. The molecular formula is C62H70O12. The number of phenols is 2. The molecule has 0 bridgehead atoms. The molecule has 0 fully saturated rings. The number of aliphatic carboxylic acids is 1. The van der Waals surface area contributed by atoms with Crippen molar-refractivity contribution < 1.29 is 58.3 Å². The molecule has 2 aromatic rings. The van der Waals surface area contributed by atoms with E-state index in [-0.39, 0.29) is 48.7 Å². The number of phenolic OH excluding ortho intramolecular Hbond substituents is 2. The Labute approximate surface area is 435 Å². The number of benzene rings is 2. The van der Waals surface area contributed by atoms with Crippen molar-refractivity contribution >= 4 is 47.6 Å². The van der Waals surface area contributed by atoms with E-state index in [0.717, 1.165) is 39.0 Å². The third kappa shape index (κ3) is 19.0. The second-order valence-corrected chi connectivity index (χ2v) is 19.9. The van der Waals surface area contributed by atoms with Gasteiger partial charge in [0.25, 0.3) is 0 Å². The van der Waals surface area contributed by atoms with Crippen molar-refractivity contribution in [3.63, 3.8) is 0 Å². The molecule has 0 aromatic heterocycles. The minimum Gasteiger partial charge on any atom is -0.508 e. The third-order valence-electron chi connectivity index (χ3n) is 12.4. The molecule has 0 saturated heterocycles. The van der Waals surface area contributed by atoms with Crippen LogP contribution in [0.15, 0.2) is 172 Å². The lowest BCUT2D eigenvalue weighted by atomic mass is 9.71. The molecule has 2 aliphatic rings. The fourth-order valence-electron chi connectivity index (χ4n) is 8.34. The highest BCUT2D eigenvalue weighted by molar-refractivity contribution is 6.02. The van der Waals surface area contributed by atoms with Crippen LogP contribution in [-0.4, -0.2) is 63.0 Å². The first-order valence-electron chi connectivity index (χ1n) is 24.5. The molecule has 2 atom stereocenters. The van der Waals surface area contributed by atoms with Crippen LogP contribution in [0.4, 0.5) is 0 Å². The number of Topliss-reactive ketones (excluding diaryl/α,β-unsaturated/α-hetero) is 2. The smallest absolute Gasteiger partial charge is 0.311 e. The Morgan fingerprint density at radius 2 is 0.932 bits per heavy atom. The minimum absolute atomic E-state index is 0.0536. The van der Waals surface area contributed by atoms with E-state index in [1.165, 1.54) is 18.2 Å². The van der Waals surface area contributed by atoms with Crippen molar-refractivity contribution in [3.05, 3.63) is 183 Å². The van der Waals surface area contributed by atoms with Gasteiger partial charge in [-0.3, -0.25) is 28.8 Å². The zero-order valence-electron chi connectivity index (χ0n) is 44.2. The zero-order chi connectivity index (χ0) is 54.8. The maximum absolute atomic E-state index is 13.4. The number of carbonyl (C=O) groups is 6. The van der Waals surface area contributed by atoms with Gasteiger partial charge in [-0.2, -0.15) is 0 Å². The van der Waals surface area contributed by atoms with Crippen LogP contribution in [0.1, 0.15) is 119 Å². The summed E-state index contributed by atoms with van der Waals surface area (Å²) in [4.78, 5) is 74.8. The number of ether oxygens (including phenoxy) is 3. The average Bonchev–Trinajstić information content (AvgIpc) is 3.31. The van der Waals surface area contributed by atoms with Gasteiger partial charge in [-0.25, -0.2) is 0 Å². The molecule has 0 heterocycles. The van der Waals surface area contributed by atoms with Gasteiger partial charge < -0.3 is 29.5 Å². The van der Waals surface area contributed by atoms with Crippen LogP contribution in [0, 0.1) is 10.8 Å². The van der Waals surface area contributed by atoms with Crippen LogP contribution >= 0.6 is 0 Å². The fourth-order valence-corrected chi connectivity index (χ4v) is 8.34. The van der Waals surface area contributed by atoms with E-state index < -0.39 is 46.9 Å². The fraction of sp³-hybridized carbons (Fsp3) is 0.323. The summed E-state index contributed by atoms with van der Waals surface area (Å²) in [6.07, 6.45) is 28.7. The molecule has 12 nitrogen and oxygen atoms in total. The Hall–Kier alpha value is -7.86.